The highest BCUT2D eigenvalue weighted by Gasteiger charge is 2.71. The van der Waals surface area contributed by atoms with Gasteiger partial charge < -0.3 is 33.9 Å². The highest BCUT2D eigenvalue weighted by Crippen LogP contribution is 2.51. The molecule has 3 aliphatic rings. The van der Waals surface area contributed by atoms with Gasteiger partial charge in [0.2, 0.25) is 5.79 Å². The number of aliphatic hydroxyl groups excluding tert-OH is 1. The molecule has 3 heterocycles. The number of hydrogen-bond acceptors (Lipinski definition) is 8. The Bertz CT molecular complexity index is 504. The third-order valence-corrected chi connectivity index (χ3v) is 4.74. The van der Waals surface area contributed by atoms with Gasteiger partial charge in [-0.15, -0.1) is 0 Å². The van der Waals surface area contributed by atoms with Gasteiger partial charge in [-0.2, -0.15) is 0 Å². The molecular weight excluding hydrogens is 308 g/mol. The van der Waals surface area contributed by atoms with Crippen molar-refractivity contribution >= 4 is 5.97 Å². The second-order valence-corrected chi connectivity index (χ2v) is 7.14. The Morgan fingerprint density at radius 3 is 2.43 bits per heavy atom. The van der Waals surface area contributed by atoms with Crippen LogP contribution in [0.5, 0.6) is 0 Å². The summed E-state index contributed by atoms with van der Waals surface area (Å²) < 4.78 is 27.7. The lowest BCUT2D eigenvalue weighted by atomic mass is 9.79. The van der Waals surface area contributed by atoms with Crippen LogP contribution in [0.4, 0.5) is 0 Å². The van der Waals surface area contributed by atoms with Crippen molar-refractivity contribution in [3.05, 3.63) is 0 Å². The zero-order valence-electron chi connectivity index (χ0n) is 13.9. The van der Waals surface area contributed by atoms with E-state index in [-0.39, 0.29) is 6.61 Å². The van der Waals surface area contributed by atoms with Crippen LogP contribution in [0.2, 0.25) is 0 Å². The second kappa shape index (κ2) is 5.11. The van der Waals surface area contributed by atoms with Crippen LogP contribution >= 0.6 is 0 Å². The molecule has 3 rings (SSSR count). The van der Waals surface area contributed by atoms with Crippen LogP contribution in [0.15, 0.2) is 0 Å². The lowest BCUT2D eigenvalue weighted by Crippen LogP contribution is -2.58. The number of rotatable bonds is 3. The maximum atomic E-state index is 12.2. The normalized spacial score (nSPS) is 44.9. The van der Waals surface area contributed by atoms with Crippen molar-refractivity contribution < 1.29 is 38.7 Å². The molecule has 2 N–H and O–H groups in total. The van der Waals surface area contributed by atoms with Crippen LogP contribution in [0.3, 0.4) is 0 Å². The van der Waals surface area contributed by atoms with Crippen LogP contribution in [0, 0.1) is 5.41 Å². The summed E-state index contributed by atoms with van der Waals surface area (Å²) in [6, 6.07) is 0. The van der Waals surface area contributed by atoms with Gasteiger partial charge in [0.25, 0.3) is 0 Å². The molecule has 0 spiro atoms. The van der Waals surface area contributed by atoms with E-state index in [1.165, 1.54) is 13.8 Å². The number of aliphatic hydroxyl groups is 2. The Kier molecular flexibility index (Phi) is 3.79. The summed E-state index contributed by atoms with van der Waals surface area (Å²) in [5.74, 6) is -3.65. The Morgan fingerprint density at radius 2 is 1.83 bits per heavy atom. The van der Waals surface area contributed by atoms with Crippen molar-refractivity contribution in [2.24, 2.45) is 5.41 Å². The van der Waals surface area contributed by atoms with E-state index >= 15 is 0 Å². The average molecular weight is 332 g/mol. The smallest absolute Gasteiger partial charge is 0.317 e. The van der Waals surface area contributed by atoms with Gasteiger partial charge in [-0.05, 0) is 34.6 Å². The maximum Gasteiger partial charge on any atom is 0.317 e. The van der Waals surface area contributed by atoms with E-state index in [4.69, 9.17) is 23.7 Å². The zero-order chi connectivity index (χ0) is 17.2. The molecule has 3 aliphatic heterocycles. The predicted molar refractivity (Wildman–Crippen MR) is 74.9 cm³/mol. The number of hydrogen-bond donors (Lipinski definition) is 2. The largest absolute Gasteiger partial charge is 0.465 e. The molecule has 6 atom stereocenters. The van der Waals surface area contributed by atoms with E-state index in [9.17, 15) is 15.0 Å². The van der Waals surface area contributed by atoms with Crippen molar-refractivity contribution in [3.63, 3.8) is 0 Å². The molecule has 3 fully saturated rings. The number of carbonyl (C=O) groups excluding carboxylic acids is 1. The Morgan fingerprint density at radius 1 is 1.17 bits per heavy atom. The minimum atomic E-state index is -2.14. The molecule has 0 amide bonds. The number of fused-ring (bicyclic) bond motifs is 3. The summed E-state index contributed by atoms with van der Waals surface area (Å²) >= 11 is 0. The van der Waals surface area contributed by atoms with Crippen molar-refractivity contribution in [2.45, 2.75) is 76.9 Å². The molecule has 0 bridgehead atoms. The molecule has 0 radical (unpaired) electrons. The van der Waals surface area contributed by atoms with Gasteiger partial charge in [0.05, 0.1) is 6.61 Å². The molecule has 8 heteroatoms. The number of esters is 1. The molecule has 0 aromatic heterocycles. The van der Waals surface area contributed by atoms with E-state index in [0.717, 1.165) is 0 Å². The molecule has 0 aromatic rings. The Labute approximate surface area is 134 Å². The Hall–Kier alpha value is -0.770. The second-order valence-electron chi connectivity index (χ2n) is 7.14. The zero-order valence-corrected chi connectivity index (χ0v) is 13.9. The highest BCUT2D eigenvalue weighted by atomic mass is 16.9. The van der Waals surface area contributed by atoms with Gasteiger partial charge in [-0.3, -0.25) is 4.79 Å². The first-order chi connectivity index (χ1) is 10.5. The fraction of sp³-hybridized carbons (Fsp3) is 0.933. The molecule has 0 unspecified atom stereocenters. The highest BCUT2D eigenvalue weighted by molar-refractivity contribution is 5.77. The minimum absolute atomic E-state index is 0.160. The van der Waals surface area contributed by atoms with Crippen LogP contribution in [-0.2, 0) is 28.5 Å². The number of ether oxygens (including phenoxy) is 5. The molecule has 3 saturated heterocycles. The van der Waals surface area contributed by atoms with Crippen molar-refractivity contribution in [2.75, 3.05) is 6.61 Å². The molecule has 0 aliphatic carbocycles. The van der Waals surface area contributed by atoms with E-state index < -0.39 is 53.7 Å². The lowest BCUT2D eigenvalue weighted by molar-refractivity contribution is -0.295. The third-order valence-electron chi connectivity index (χ3n) is 4.74. The first-order valence-corrected chi connectivity index (χ1v) is 7.80. The summed E-state index contributed by atoms with van der Waals surface area (Å²) in [6.45, 7) is 8.23. The monoisotopic (exact) mass is 332 g/mol. The average Bonchev–Trinajstić information content (AvgIpc) is 2.99. The van der Waals surface area contributed by atoms with E-state index in [2.05, 4.69) is 0 Å². The summed E-state index contributed by atoms with van der Waals surface area (Å²) in [6.07, 6.45) is -4.29. The summed E-state index contributed by atoms with van der Waals surface area (Å²) in [7, 11) is 0. The van der Waals surface area contributed by atoms with Crippen molar-refractivity contribution in [3.8, 4) is 0 Å². The molecule has 8 nitrogen and oxygen atoms in total. The van der Waals surface area contributed by atoms with Crippen LogP contribution in [0.25, 0.3) is 0 Å². The molecule has 0 aromatic carbocycles. The van der Waals surface area contributed by atoms with E-state index in [0.29, 0.717) is 0 Å². The first kappa shape index (κ1) is 17.1. The summed E-state index contributed by atoms with van der Waals surface area (Å²) in [4.78, 5) is 12.2. The van der Waals surface area contributed by atoms with Gasteiger partial charge >= 0.3 is 5.97 Å². The van der Waals surface area contributed by atoms with Gasteiger partial charge in [0, 0.05) is 0 Å². The lowest BCUT2D eigenvalue weighted by Gasteiger charge is -2.39. The molecule has 23 heavy (non-hydrogen) atoms. The van der Waals surface area contributed by atoms with Crippen molar-refractivity contribution in [1.82, 2.24) is 0 Å². The summed E-state index contributed by atoms with van der Waals surface area (Å²) in [5, 5.41) is 21.4. The fourth-order valence-electron chi connectivity index (χ4n) is 3.37. The first-order valence-electron chi connectivity index (χ1n) is 7.80. The van der Waals surface area contributed by atoms with Gasteiger partial charge in [-0.25, -0.2) is 0 Å². The standard InChI is InChI=1S/C15H24O8/c1-6-19-12(17)13(2,3)15(18)10(16)8-7(22-15)9-11(20-8)23-14(4,5)21-9/h7-11,16,18H,6H2,1-5H3/t7-,8-,9+,10-,11+,15-/m0/s1. The third kappa shape index (κ3) is 2.32. The van der Waals surface area contributed by atoms with E-state index in [1.54, 1.807) is 20.8 Å². The molecule has 132 valence electrons. The van der Waals surface area contributed by atoms with Crippen LogP contribution in [0.1, 0.15) is 34.6 Å². The summed E-state index contributed by atoms with van der Waals surface area (Å²) in [5.41, 5.74) is -1.49. The van der Waals surface area contributed by atoms with Crippen LogP contribution < -0.4 is 0 Å². The number of carbonyl (C=O) groups is 1. The van der Waals surface area contributed by atoms with Crippen molar-refractivity contribution in [1.29, 1.82) is 0 Å². The van der Waals surface area contributed by atoms with E-state index in [1.807, 2.05) is 0 Å². The maximum absolute atomic E-state index is 12.2. The van der Waals surface area contributed by atoms with Gasteiger partial charge in [0.15, 0.2) is 12.1 Å². The predicted octanol–water partition coefficient (Wildman–Crippen LogP) is -0.0996. The SMILES string of the molecule is CCOC(=O)C(C)(C)[C@@]1(O)O[C@@H]2[C@H]3OC(C)(C)O[C@H]3O[C@@H]2[C@@H]1O. The molecule has 0 saturated carbocycles. The fourth-order valence-corrected chi connectivity index (χ4v) is 3.37. The van der Waals surface area contributed by atoms with Gasteiger partial charge in [-0.1, -0.05) is 0 Å². The van der Waals surface area contributed by atoms with Gasteiger partial charge in [0.1, 0.15) is 29.8 Å². The molecular formula is C15H24O8. The quantitative estimate of drug-likeness (QED) is 0.691. The minimum Gasteiger partial charge on any atom is -0.465 e. The topological polar surface area (TPSA) is 104 Å². The van der Waals surface area contributed by atoms with Crippen LogP contribution in [-0.4, -0.2) is 65.1 Å². The Balaban J connectivity index is 1.84.